The minimum atomic E-state index is -1.19. The van der Waals surface area contributed by atoms with Gasteiger partial charge in [0, 0.05) is 0 Å². The third kappa shape index (κ3) is 14.2. The van der Waals surface area contributed by atoms with Gasteiger partial charge in [0.15, 0.2) is 0 Å². The van der Waals surface area contributed by atoms with Gasteiger partial charge in [-0.25, -0.2) is 29.0 Å². The van der Waals surface area contributed by atoms with E-state index in [4.69, 9.17) is 9.47 Å². The van der Waals surface area contributed by atoms with Gasteiger partial charge in [0.1, 0.15) is 0 Å². The first-order valence-corrected chi connectivity index (χ1v) is 13.5. The lowest BCUT2D eigenvalue weighted by atomic mass is 10.1. The number of hydrogen-bond acceptors (Lipinski definition) is 12. The van der Waals surface area contributed by atoms with E-state index >= 15 is 0 Å². The predicted molar refractivity (Wildman–Crippen MR) is 142 cm³/mol. The molecule has 0 aliphatic rings. The molecule has 2 rings (SSSR count). The van der Waals surface area contributed by atoms with E-state index in [0.29, 0.717) is 19.3 Å². The molecule has 0 radical (unpaired) electrons. The highest BCUT2D eigenvalue weighted by atomic mass is 17.5. The van der Waals surface area contributed by atoms with E-state index in [0.717, 1.165) is 49.7 Å². The molecule has 0 N–H and O–H groups in total. The maximum atomic E-state index is 11.9. The highest BCUT2D eigenvalue weighted by Gasteiger charge is 2.14. The van der Waals surface area contributed by atoms with E-state index < -0.39 is 24.2 Å². The van der Waals surface area contributed by atoms with E-state index in [1.54, 1.807) is 24.3 Å². The van der Waals surface area contributed by atoms with E-state index in [-0.39, 0.29) is 24.3 Å². The van der Waals surface area contributed by atoms with Crippen LogP contribution in [0.5, 0.6) is 0 Å². The average molecular weight is 577 g/mol. The summed E-state index contributed by atoms with van der Waals surface area (Å²) < 4.78 is 9.54. The van der Waals surface area contributed by atoms with Crippen molar-refractivity contribution in [3.63, 3.8) is 0 Å². The molecule has 0 aromatic heterocycles. The van der Waals surface area contributed by atoms with Crippen LogP contribution in [0.2, 0.25) is 0 Å². The molecule has 2 aromatic carbocycles. The van der Waals surface area contributed by atoms with Gasteiger partial charge in [0.05, 0.1) is 34.4 Å². The molecule has 0 aliphatic carbocycles. The summed E-state index contributed by atoms with van der Waals surface area (Å²) in [6.07, 6.45) is 5.07. The molecular weight excluding hydrogens is 540 g/mol. The van der Waals surface area contributed by atoms with Crippen LogP contribution in [0.4, 0.5) is 9.59 Å². The molecule has 12 heteroatoms. The van der Waals surface area contributed by atoms with Crippen molar-refractivity contribution < 1.29 is 58.3 Å². The summed E-state index contributed by atoms with van der Waals surface area (Å²) in [6.45, 7) is 4.17. The zero-order valence-electron chi connectivity index (χ0n) is 23.3. The van der Waals surface area contributed by atoms with Crippen LogP contribution in [0.15, 0.2) is 48.5 Å². The van der Waals surface area contributed by atoms with Gasteiger partial charge < -0.3 is 9.47 Å². The van der Waals surface area contributed by atoms with Crippen LogP contribution >= 0.6 is 0 Å². The van der Waals surface area contributed by atoms with Gasteiger partial charge in [-0.05, 0) is 80.3 Å². The molecule has 0 saturated heterocycles. The third-order valence-corrected chi connectivity index (χ3v) is 5.67. The van der Waals surface area contributed by atoms with Crippen molar-refractivity contribution in [1.29, 1.82) is 0 Å². The van der Waals surface area contributed by atoms with Crippen LogP contribution in [-0.4, -0.2) is 37.5 Å². The molecule has 0 atom stereocenters. The van der Waals surface area contributed by atoms with Crippen LogP contribution in [0.3, 0.4) is 0 Å². The van der Waals surface area contributed by atoms with Crippen LogP contribution in [0, 0.1) is 0 Å². The van der Waals surface area contributed by atoms with Crippen molar-refractivity contribution in [2.45, 2.75) is 71.6 Å². The first kappa shape index (κ1) is 33.0. The van der Waals surface area contributed by atoms with Crippen LogP contribution in [0.1, 0.15) is 90.6 Å². The number of carbonyl (C=O) groups is 4. The van der Waals surface area contributed by atoms with Gasteiger partial charge in [-0.15, -0.1) is 0 Å². The summed E-state index contributed by atoms with van der Waals surface area (Å²) in [6, 6.07) is 13.6. The number of benzene rings is 2. The van der Waals surface area contributed by atoms with Crippen LogP contribution in [0.25, 0.3) is 0 Å². The predicted octanol–water partition coefficient (Wildman–Crippen LogP) is 6.56. The lowest BCUT2D eigenvalue weighted by molar-refractivity contribution is -0.452. The summed E-state index contributed by atoms with van der Waals surface area (Å²) in [5, 5.41) is 8.36. The summed E-state index contributed by atoms with van der Waals surface area (Å²) in [5.41, 5.74) is 2.68. The zero-order valence-corrected chi connectivity index (χ0v) is 23.3. The molecule has 0 fully saturated rings. The van der Waals surface area contributed by atoms with Crippen molar-refractivity contribution in [3.8, 4) is 0 Å². The number of carbonyl (C=O) groups excluding carboxylic acids is 4. The zero-order chi connectivity index (χ0) is 29.7. The molecule has 0 unspecified atom stereocenters. The summed E-state index contributed by atoms with van der Waals surface area (Å²) in [5.74, 6) is -1.65. The maximum Gasteiger partial charge on any atom is 0.543 e. The fourth-order valence-corrected chi connectivity index (χ4v) is 3.36. The Hall–Kier alpha value is -4.16. The second-order valence-electron chi connectivity index (χ2n) is 8.90. The molecule has 0 amide bonds. The van der Waals surface area contributed by atoms with Gasteiger partial charge in [0.25, 0.3) is 0 Å². The van der Waals surface area contributed by atoms with E-state index in [2.05, 4.69) is 43.5 Å². The Balaban J connectivity index is 1.45. The quantitative estimate of drug-likeness (QED) is 0.0821. The maximum absolute atomic E-state index is 11.9. The second-order valence-corrected chi connectivity index (χ2v) is 8.90. The van der Waals surface area contributed by atoms with Gasteiger partial charge in [0.2, 0.25) is 0 Å². The number of rotatable bonds is 18. The number of ether oxygens (including phenoxy) is 2. The molecule has 0 heterocycles. The largest absolute Gasteiger partial charge is 0.543 e. The van der Waals surface area contributed by atoms with Gasteiger partial charge in [-0.1, -0.05) is 51.0 Å². The average Bonchev–Trinajstić information content (AvgIpc) is 2.98. The highest BCUT2D eigenvalue weighted by molar-refractivity contribution is 5.89. The summed E-state index contributed by atoms with van der Waals surface area (Å²) in [7, 11) is 0. The van der Waals surface area contributed by atoms with Gasteiger partial charge in [-0.3, -0.25) is 9.78 Å². The van der Waals surface area contributed by atoms with Crippen molar-refractivity contribution >= 4 is 24.2 Å². The molecule has 224 valence electrons. The molecular formula is C29H36O12. The Morgan fingerprint density at radius 3 is 1.27 bits per heavy atom. The standard InChI is InChI=1S/C29H36O12/c1-3-5-10-22-12-16-24(17-13-22)26(30)36-40-38-28(32)34-20-8-7-9-21-35-29(33)39-41-37-27(31)25-18-14-23(15-19-25)11-6-4-2/h12-19H,3-11,20-21H2,1-2H3. The minimum absolute atomic E-state index is 0.0154. The Kier molecular flexibility index (Phi) is 16.0. The molecule has 0 spiro atoms. The fourth-order valence-electron chi connectivity index (χ4n) is 3.36. The van der Waals surface area contributed by atoms with E-state index in [9.17, 15) is 19.2 Å². The first-order valence-electron chi connectivity index (χ1n) is 13.5. The SMILES string of the molecule is CCCCc1ccc(C(=O)OOOC(=O)OCCCCCOC(=O)OOOC(=O)c2ccc(CCCC)cc2)cc1. The van der Waals surface area contributed by atoms with Crippen molar-refractivity contribution in [3.05, 3.63) is 70.8 Å². The van der Waals surface area contributed by atoms with Gasteiger partial charge in [-0.2, -0.15) is 0 Å². The Morgan fingerprint density at radius 1 is 0.512 bits per heavy atom. The van der Waals surface area contributed by atoms with Crippen molar-refractivity contribution in [2.75, 3.05) is 13.2 Å². The Bertz CT molecular complexity index is 981. The Labute approximate surface area is 238 Å². The van der Waals surface area contributed by atoms with Gasteiger partial charge >= 0.3 is 24.2 Å². The third-order valence-electron chi connectivity index (χ3n) is 5.67. The second kappa shape index (κ2) is 19.8. The Morgan fingerprint density at radius 2 is 0.902 bits per heavy atom. The number of unbranched alkanes of at least 4 members (excludes halogenated alkanes) is 4. The smallest absolute Gasteiger partial charge is 0.432 e. The number of aryl methyl sites for hydroxylation is 2. The van der Waals surface area contributed by atoms with Crippen LogP contribution < -0.4 is 0 Å². The first-order chi connectivity index (χ1) is 19.9. The molecule has 0 saturated carbocycles. The van der Waals surface area contributed by atoms with Crippen molar-refractivity contribution in [2.24, 2.45) is 0 Å². The summed E-state index contributed by atoms with van der Waals surface area (Å²) >= 11 is 0. The molecule has 41 heavy (non-hydrogen) atoms. The lowest BCUT2D eigenvalue weighted by Gasteiger charge is -2.06. The topological polar surface area (TPSA) is 142 Å². The van der Waals surface area contributed by atoms with E-state index in [1.165, 1.54) is 0 Å². The van der Waals surface area contributed by atoms with Crippen LogP contribution in [-0.2, 0) is 51.9 Å². The normalized spacial score (nSPS) is 10.4. The number of hydrogen-bond donors (Lipinski definition) is 0. The molecule has 2 aromatic rings. The van der Waals surface area contributed by atoms with E-state index in [1.807, 2.05) is 24.3 Å². The molecule has 12 nitrogen and oxygen atoms in total. The summed E-state index contributed by atoms with van der Waals surface area (Å²) in [4.78, 5) is 64.0. The molecule has 0 aliphatic heterocycles. The lowest BCUT2D eigenvalue weighted by Crippen LogP contribution is -2.13. The highest BCUT2D eigenvalue weighted by Crippen LogP contribution is 2.11. The van der Waals surface area contributed by atoms with Crippen molar-refractivity contribution in [1.82, 2.24) is 0 Å². The fraction of sp³-hybridized carbons (Fsp3) is 0.448. The monoisotopic (exact) mass is 576 g/mol. The minimum Gasteiger partial charge on any atom is -0.432 e. The molecule has 0 bridgehead atoms.